The van der Waals surface area contributed by atoms with E-state index in [9.17, 15) is 0 Å². The van der Waals surface area contributed by atoms with Crippen LogP contribution in [0.5, 0.6) is 0 Å². The lowest BCUT2D eigenvalue weighted by atomic mass is 10.3. The van der Waals surface area contributed by atoms with Crippen molar-refractivity contribution in [2.45, 2.75) is 32.4 Å². The number of hydrogen-bond acceptors (Lipinski definition) is 4. The summed E-state index contributed by atoms with van der Waals surface area (Å²) in [5.41, 5.74) is 6.70. The Balaban J connectivity index is 2.18. The van der Waals surface area contributed by atoms with Crippen LogP contribution in [0.25, 0.3) is 0 Å². The topological polar surface area (TPSA) is 48.1 Å². The summed E-state index contributed by atoms with van der Waals surface area (Å²) in [6.07, 6.45) is 1.28. The van der Waals surface area contributed by atoms with Crippen LogP contribution in [0.2, 0.25) is 0 Å². The van der Waals surface area contributed by atoms with E-state index in [1.807, 2.05) is 0 Å². The first-order valence-electron chi connectivity index (χ1n) is 4.93. The molecule has 2 unspecified atom stereocenters. The fraction of sp³-hybridized carbons (Fsp3) is 0.700. The summed E-state index contributed by atoms with van der Waals surface area (Å²) >= 11 is 1.76. The molecule has 1 saturated carbocycles. The van der Waals surface area contributed by atoms with Gasteiger partial charge in [0.15, 0.2) is 0 Å². The highest BCUT2D eigenvalue weighted by molar-refractivity contribution is 7.11. The molecular weight excluding hydrogens is 196 g/mol. The van der Waals surface area contributed by atoms with E-state index in [1.54, 1.807) is 18.4 Å². The van der Waals surface area contributed by atoms with Crippen LogP contribution in [0.1, 0.15) is 34.8 Å². The summed E-state index contributed by atoms with van der Waals surface area (Å²) in [4.78, 5) is 5.78. The summed E-state index contributed by atoms with van der Waals surface area (Å²) in [5, 5.41) is 1.25. The summed E-state index contributed by atoms with van der Waals surface area (Å²) in [7, 11) is 1.69. The smallest absolute Gasteiger partial charge is 0.0966 e. The molecule has 1 aromatic heterocycles. The maximum Gasteiger partial charge on any atom is 0.0966 e. The molecule has 0 saturated heterocycles. The van der Waals surface area contributed by atoms with Gasteiger partial charge in [0.1, 0.15) is 0 Å². The van der Waals surface area contributed by atoms with Gasteiger partial charge in [0.2, 0.25) is 0 Å². The number of methoxy groups -OCH3 is 1. The average Bonchev–Trinajstić information content (AvgIpc) is 2.77. The number of aromatic nitrogens is 1. The van der Waals surface area contributed by atoms with Gasteiger partial charge in [0.25, 0.3) is 0 Å². The Morgan fingerprint density at radius 2 is 2.36 bits per heavy atom. The second kappa shape index (κ2) is 3.96. The lowest BCUT2D eigenvalue weighted by Gasteiger charge is -1.95. The van der Waals surface area contributed by atoms with Crippen LogP contribution >= 0.6 is 11.3 Å². The molecule has 14 heavy (non-hydrogen) atoms. The summed E-state index contributed by atoms with van der Waals surface area (Å²) in [6, 6.07) is 0. The predicted molar refractivity (Wildman–Crippen MR) is 57.2 cm³/mol. The molecule has 3 nitrogen and oxygen atoms in total. The zero-order chi connectivity index (χ0) is 10.1. The molecule has 0 amide bonds. The molecule has 1 aliphatic rings. The normalized spacial score (nSPS) is 25.4. The van der Waals surface area contributed by atoms with Gasteiger partial charge >= 0.3 is 0 Å². The zero-order valence-electron chi connectivity index (χ0n) is 8.62. The Hall–Kier alpha value is -0.450. The first kappa shape index (κ1) is 10.1. The number of nitrogens with zero attached hydrogens (tertiary/aromatic N) is 1. The van der Waals surface area contributed by atoms with Crippen LogP contribution < -0.4 is 5.73 Å². The highest BCUT2D eigenvalue weighted by atomic mass is 32.1. The molecule has 1 aromatic rings. The van der Waals surface area contributed by atoms with Gasteiger partial charge in [-0.15, -0.1) is 11.3 Å². The monoisotopic (exact) mass is 212 g/mol. The minimum absolute atomic E-state index is 0.581. The van der Waals surface area contributed by atoms with Crippen molar-refractivity contribution in [1.82, 2.24) is 4.98 Å². The lowest BCUT2D eigenvalue weighted by molar-refractivity contribution is 0.181. The lowest BCUT2D eigenvalue weighted by Crippen LogP contribution is -1.99. The third kappa shape index (κ3) is 1.82. The third-order valence-electron chi connectivity index (χ3n) is 2.69. The van der Waals surface area contributed by atoms with Crippen molar-refractivity contribution in [2.24, 2.45) is 11.7 Å². The number of thiazole rings is 1. The van der Waals surface area contributed by atoms with Crippen LogP contribution in [-0.2, 0) is 17.9 Å². The molecule has 78 valence electrons. The zero-order valence-corrected chi connectivity index (χ0v) is 9.43. The number of ether oxygens (including phenoxy) is 1. The molecule has 2 atom stereocenters. The van der Waals surface area contributed by atoms with Gasteiger partial charge in [-0.3, -0.25) is 0 Å². The molecule has 0 spiro atoms. The van der Waals surface area contributed by atoms with Crippen molar-refractivity contribution in [3.8, 4) is 0 Å². The molecule has 1 heterocycles. The van der Waals surface area contributed by atoms with E-state index < -0.39 is 0 Å². The molecule has 1 fully saturated rings. The van der Waals surface area contributed by atoms with Crippen molar-refractivity contribution in [3.63, 3.8) is 0 Å². The van der Waals surface area contributed by atoms with E-state index in [0.717, 1.165) is 11.6 Å². The van der Waals surface area contributed by atoms with Crippen LogP contribution in [0, 0.1) is 5.92 Å². The summed E-state index contributed by atoms with van der Waals surface area (Å²) < 4.78 is 5.10. The van der Waals surface area contributed by atoms with E-state index in [1.165, 1.54) is 16.3 Å². The Morgan fingerprint density at radius 1 is 1.64 bits per heavy atom. The minimum Gasteiger partial charge on any atom is -0.378 e. The van der Waals surface area contributed by atoms with Crippen LogP contribution in [0.3, 0.4) is 0 Å². The van der Waals surface area contributed by atoms with Crippen LogP contribution in [-0.4, -0.2) is 12.1 Å². The van der Waals surface area contributed by atoms with E-state index in [0.29, 0.717) is 19.1 Å². The van der Waals surface area contributed by atoms with Crippen molar-refractivity contribution in [2.75, 3.05) is 7.11 Å². The van der Waals surface area contributed by atoms with E-state index in [-0.39, 0.29) is 0 Å². The van der Waals surface area contributed by atoms with Crippen molar-refractivity contribution >= 4 is 11.3 Å². The fourth-order valence-corrected chi connectivity index (χ4v) is 2.83. The Bertz CT molecular complexity index is 324. The Morgan fingerprint density at radius 3 is 2.86 bits per heavy atom. The number of hydrogen-bond donors (Lipinski definition) is 1. The first-order valence-corrected chi connectivity index (χ1v) is 5.75. The van der Waals surface area contributed by atoms with Gasteiger partial charge in [0.05, 0.1) is 17.3 Å². The number of nitrogens with two attached hydrogens (primary N) is 1. The van der Waals surface area contributed by atoms with E-state index >= 15 is 0 Å². The molecule has 4 heteroatoms. The molecule has 0 bridgehead atoms. The maximum atomic E-state index is 5.66. The molecule has 0 aromatic carbocycles. The Kier molecular flexibility index (Phi) is 2.85. The second-order valence-corrected chi connectivity index (χ2v) is 4.99. The predicted octanol–water partition coefficient (Wildman–Crippen LogP) is 1.87. The molecule has 0 aliphatic heterocycles. The third-order valence-corrected chi connectivity index (χ3v) is 3.94. The maximum absolute atomic E-state index is 5.66. The van der Waals surface area contributed by atoms with Crippen molar-refractivity contribution in [3.05, 3.63) is 15.6 Å². The minimum atomic E-state index is 0.581. The average molecular weight is 212 g/mol. The van der Waals surface area contributed by atoms with Gasteiger partial charge in [0, 0.05) is 24.4 Å². The quantitative estimate of drug-likeness (QED) is 0.829. The molecule has 2 N–H and O–H groups in total. The van der Waals surface area contributed by atoms with Gasteiger partial charge < -0.3 is 10.5 Å². The molecule has 0 radical (unpaired) electrons. The SMILES string of the molecule is COCc1nc(C2CC2C)sc1CN. The van der Waals surface area contributed by atoms with Crippen LogP contribution in [0.15, 0.2) is 0 Å². The van der Waals surface area contributed by atoms with Crippen LogP contribution in [0.4, 0.5) is 0 Å². The molecular formula is C10H16N2OS. The largest absolute Gasteiger partial charge is 0.378 e. The van der Waals surface area contributed by atoms with Crippen molar-refractivity contribution < 1.29 is 4.74 Å². The van der Waals surface area contributed by atoms with E-state index in [4.69, 9.17) is 10.5 Å². The molecule has 1 aliphatic carbocycles. The van der Waals surface area contributed by atoms with Gasteiger partial charge in [-0.25, -0.2) is 4.98 Å². The van der Waals surface area contributed by atoms with Gasteiger partial charge in [-0.2, -0.15) is 0 Å². The van der Waals surface area contributed by atoms with E-state index in [2.05, 4.69) is 11.9 Å². The highest BCUT2D eigenvalue weighted by Gasteiger charge is 2.37. The highest BCUT2D eigenvalue weighted by Crippen LogP contribution is 2.48. The summed E-state index contributed by atoms with van der Waals surface area (Å²) in [6.45, 7) is 3.44. The fourth-order valence-electron chi connectivity index (χ4n) is 1.64. The first-order chi connectivity index (χ1) is 6.76. The Labute approximate surface area is 88.3 Å². The molecule has 2 rings (SSSR count). The number of rotatable bonds is 4. The van der Waals surface area contributed by atoms with Gasteiger partial charge in [-0.1, -0.05) is 6.92 Å². The standard InChI is InChI=1S/C10H16N2OS/c1-6-3-7(6)10-12-8(5-13-2)9(4-11)14-10/h6-7H,3-5,11H2,1-2H3. The second-order valence-electron chi connectivity index (χ2n) is 3.88. The van der Waals surface area contributed by atoms with Gasteiger partial charge in [-0.05, 0) is 12.3 Å². The van der Waals surface area contributed by atoms with Crippen molar-refractivity contribution in [1.29, 1.82) is 0 Å². The summed E-state index contributed by atoms with van der Waals surface area (Å²) in [5.74, 6) is 1.50.